The van der Waals surface area contributed by atoms with Gasteiger partial charge in [0.05, 0.1) is 11.5 Å². The molecule has 0 spiro atoms. The normalized spacial score (nSPS) is 16.6. The van der Waals surface area contributed by atoms with Crippen LogP contribution in [0.2, 0.25) is 0 Å². The van der Waals surface area contributed by atoms with Crippen molar-refractivity contribution in [2.45, 2.75) is 19.1 Å². The second kappa shape index (κ2) is 8.43. The Labute approximate surface area is 160 Å². The van der Waals surface area contributed by atoms with Gasteiger partial charge in [0.1, 0.15) is 0 Å². The SMILES string of the molecule is O=C(NCc1ccc(NC(=O)C2CCNC2)cc1)c1ccc(C(F)(F)F)cc1. The van der Waals surface area contributed by atoms with E-state index in [0.717, 1.165) is 42.8 Å². The van der Waals surface area contributed by atoms with Gasteiger partial charge in [-0.25, -0.2) is 0 Å². The van der Waals surface area contributed by atoms with Crippen LogP contribution in [0.15, 0.2) is 48.5 Å². The highest BCUT2D eigenvalue weighted by Crippen LogP contribution is 2.29. The van der Waals surface area contributed by atoms with Crippen LogP contribution in [0.5, 0.6) is 0 Å². The van der Waals surface area contributed by atoms with E-state index in [1.165, 1.54) is 0 Å². The van der Waals surface area contributed by atoms with Crippen molar-refractivity contribution in [1.82, 2.24) is 10.6 Å². The highest BCUT2D eigenvalue weighted by atomic mass is 19.4. The van der Waals surface area contributed by atoms with E-state index in [2.05, 4.69) is 16.0 Å². The van der Waals surface area contributed by atoms with Gasteiger partial charge < -0.3 is 16.0 Å². The fourth-order valence-corrected chi connectivity index (χ4v) is 2.92. The van der Waals surface area contributed by atoms with Crippen molar-refractivity contribution < 1.29 is 22.8 Å². The second-order valence-corrected chi connectivity index (χ2v) is 6.63. The van der Waals surface area contributed by atoms with Crippen molar-refractivity contribution in [2.24, 2.45) is 5.92 Å². The van der Waals surface area contributed by atoms with Crippen molar-refractivity contribution >= 4 is 17.5 Å². The number of halogens is 3. The van der Waals surface area contributed by atoms with E-state index in [0.29, 0.717) is 12.2 Å². The molecular weight excluding hydrogens is 371 g/mol. The van der Waals surface area contributed by atoms with Crippen molar-refractivity contribution in [1.29, 1.82) is 0 Å². The van der Waals surface area contributed by atoms with Gasteiger partial charge in [-0.05, 0) is 54.9 Å². The van der Waals surface area contributed by atoms with Gasteiger partial charge in [0.2, 0.25) is 5.91 Å². The molecule has 28 heavy (non-hydrogen) atoms. The van der Waals surface area contributed by atoms with Gasteiger partial charge in [-0.3, -0.25) is 9.59 Å². The quantitative estimate of drug-likeness (QED) is 0.733. The summed E-state index contributed by atoms with van der Waals surface area (Å²) in [5, 5.41) is 8.67. The number of carbonyl (C=O) groups excluding carboxylic acids is 2. The maximum absolute atomic E-state index is 12.6. The molecule has 0 radical (unpaired) electrons. The van der Waals surface area contributed by atoms with Crippen LogP contribution in [0.1, 0.15) is 27.9 Å². The summed E-state index contributed by atoms with van der Waals surface area (Å²) in [5.74, 6) is -0.504. The third-order valence-electron chi connectivity index (χ3n) is 4.58. The van der Waals surface area contributed by atoms with Crippen LogP contribution in [-0.2, 0) is 17.5 Å². The van der Waals surface area contributed by atoms with Crippen molar-refractivity contribution in [3.05, 3.63) is 65.2 Å². The molecule has 1 fully saturated rings. The summed E-state index contributed by atoms with van der Waals surface area (Å²) < 4.78 is 37.7. The molecule has 8 heteroatoms. The first-order chi connectivity index (χ1) is 13.3. The number of anilines is 1. The molecule has 0 bridgehead atoms. The smallest absolute Gasteiger partial charge is 0.348 e. The first-order valence-electron chi connectivity index (χ1n) is 8.89. The zero-order valence-corrected chi connectivity index (χ0v) is 15.0. The van der Waals surface area contributed by atoms with E-state index in [1.807, 2.05) is 0 Å². The first-order valence-corrected chi connectivity index (χ1v) is 8.89. The standard InChI is InChI=1S/C20H20F3N3O2/c21-20(22,23)16-5-3-14(4-6-16)18(27)25-11-13-1-7-17(8-2-13)26-19(28)15-9-10-24-12-15/h1-8,15,24H,9-12H2,(H,25,27)(H,26,28). The third kappa shape index (κ3) is 5.10. The molecule has 3 N–H and O–H groups in total. The van der Waals surface area contributed by atoms with Crippen LogP contribution < -0.4 is 16.0 Å². The van der Waals surface area contributed by atoms with E-state index in [4.69, 9.17) is 0 Å². The molecule has 2 aromatic carbocycles. The molecule has 1 saturated heterocycles. The average molecular weight is 391 g/mol. The minimum absolute atomic E-state index is 0.0200. The maximum Gasteiger partial charge on any atom is 0.416 e. The van der Waals surface area contributed by atoms with Crippen LogP contribution in [0.4, 0.5) is 18.9 Å². The number of benzene rings is 2. The largest absolute Gasteiger partial charge is 0.416 e. The molecule has 1 heterocycles. The highest BCUT2D eigenvalue weighted by molar-refractivity contribution is 5.94. The molecule has 5 nitrogen and oxygen atoms in total. The summed E-state index contributed by atoms with van der Waals surface area (Å²) in [7, 11) is 0. The first kappa shape index (κ1) is 19.9. The van der Waals surface area contributed by atoms with Crippen LogP contribution in [0, 0.1) is 5.92 Å². The summed E-state index contributed by atoms with van der Waals surface area (Å²) in [4.78, 5) is 24.2. The van der Waals surface area contributed by atoms with Gasteiger partial charge in [-0.15, -0.1) is 0 Å². The molecule has 0 aromatic heterocycles. The molecule has 0 saturated carbocycles. The lowest BCUT2D eigenvalue weighted by Gasteiger charge is -2.11. The zero-order chi connectivity index (χ0) is 20.1. The maximum atomic E-state index is 12.6. The molecule has 2 amide bonds. The number of alkyl halides is 3. The van der Waals surface area contributed by atoms with Gasteiger partial charge >= 0.3 is 6.18 Å². The molecule has 1 aliphatic rings. The summed E-state index contributed by atoms with van der Waals surface area (Å²) >= 11 is 0. The number of hydrogen-bond donors (Lipinski definition) is 3. The van der Waals surface area contributed by atoms with E-state index < -0.39 is 17.6 Å². The Bertz CT molecular complexity index is 827. The minimum Gasteiger partial charge on any atom is -0.348 e. The molecule has 3 rings (SSSR count). The summed E-state index contributed by atoms with van der Waals surface area (Å²) in [5.41, 5.74) is 0.840. The van der Waals surface area contributed by atoms with Crippen molar-refractivity contribution in [2.75, 3.05) is 18.4 Å². The summed E-state index contributed by atoms with van der Waals surface area (Å²) in [6, 6.07) is 11.1. The number of nitrogens with one attached hydrogen (secondary N) is 3. The fraction of sp³-hybridized carbons (Fsp3) is 0.300. The lowest BCUT2D eigenvalue weighted by Crippen LogP contribution is -2.24. The lowest BCUT2D eigenvalue weighted by atomic mass is 10.1. The molecule has 148 valence electrons. The van der Waals surface area contributed by atoms with E-state index in [-0.39, 0.29) is 23.9 Å². The Morgan fingerprint density at radius 1 is 1.04 bits per heavy atom. The van der Waals surface area contributed by atoms with Crippen molar-refractivity contribution in [3.8, 4) is 0 Å². The average Bonchev–Trinajstić information content (AvgIpc) is 3.21. The van der Waals surface area contributed by atoms with Crippen LogP contribution >= 0.6 is 0 Å². The third-order valence-corrected chi connectivity index (χ3v) is 4.58. The van der Waals surface area contributed by atoms with E-state index in [1.54, 1.807) is 24.3 Å². The van der Waals surface area contributed by atoms with Gasteiger partial charge in [-0.1, -0.05) is 12.1 Å². The lowest BCUT2D eigenvalue weighted by molar-refractivity contribution is -0.137. The van der Waals surface area contributed by atoms with Crippen LogP contribution in [0.3, 0.4) is 0 Å². The number of hydrogen-bond acceptors (Lipinski definition) is 3. The Hall–Kier alpha value is -2.87. The number of carbonyl (C=O) groups is 2. The summed E-state index contributed by atoms with van der Waals surface area (Å²) in [6.45, 7) is 1.75. The predicted molar refractivity (Wildman–Crippen MR) is 98.7 cm³/mol. The molecule has 1 aliphatic heterocycles. The zero-order valence-electron chi connectivity index (χ0n) is 15.0. The monoisotopic (exact) mass is 391 g/mol. The van der Waals surface area contributed by atoms with E-state index >= 15 is 0 Å². The fourth-order valence-electron chi connectivity index (χ4n) is 2.92. The minimum atomic E-state index is -4.43. The molecule has 1 unspecified atom stereocenters. The Morgan fingerprint density at radius 2 is 1.71 bits per heavy atom. The van der Waals surface area contributed by atoms with Crippen LogP contribution in [0.25, 0.3) is 0 Å². The second-order valence-electron chi connectivity index (χ2n) is 6.63. The Balaban J connectivity index is 1.51. The molecule has 0 aliphatic carbocycles. The van der Waals surface area contributed by atoms with Crippen LogP contribution in [-0.4, -0.2) is 24.9 Å². The highest BCUT2D eigenvalue weighted by Gasteiger charge is 2.30. The van der Waals surface area contributed by atoms with Gasteiger partial charge in [-0.2, -0.15) is 13.2 Å². The predicted octanol–water partition coefficient (Wildman–Crippen LogP) is 3.18. The topological polar surface area (TPSA) is 70.2 Å². The van der Waals surface area contributed by atoms with E-state index in [9.17, 15) is 22.8 Å². The molecule has 2 aromatic rings. The van der Waals surface area contributed by atoms with Gasteiger partial charge in [0.15, 0.2) is 0 Å². The van der Waals surface area contributed by atoms with Gasteiger partial charge in [0, 0.05) is 24.3 Å². The molecular formula is C20H20F3N3O2. The number of amides is 2. The number of rotatable bonds is 5. The molecule has 1 atom stereocenters. The van der Waals surface area contributed by atoms with Crippen molar-refractivity contribution in [3.63, 3.8) is 0 Å². The Morgan fingerprint density at radius 3 is 2.29 bits per heavy atom. The van der Waals surface area contributed by atoms with Gasteiger partial charge in [0.25, 0.3) is 5.91 Å². The summed E-state index contributed by atoms with van der Waals surface area (Å²) in [6.07, 6.45) is -3.61. The Kier molecular flexibility index (Phi) is 5.99.